The summed E-state index contributed by atoms with van der Waals surface area (Å²) in [4.78, 5) is 34.6. The minimum absolute atomic E-state index is 0.129. The maximum Gasteiger partial charge on any atom is 0.254 e. The van der Waals surface area contributed by atoms with Crippen molar-refractivity contribution in [3.8, 4) is 0 Å². The maximum absolute atomic E-state index is 13.5. The van der Waals surface area contributed by atoms with E-state index in [-0.39, 0.29) is 24.4 Å². The third-order valence-electron chi connectivity index (χ3n) is 3.50. The van der Waals surface area contributed by atoms with Crippen molar-refractivity contribution in [3.63, 3.8) is 0 Å². The molecule has 26 heavy (non-hydrogen) atoms. The lowest BCUT2D eigenvalue weighted by Crippen LogP contribution is -2.26. The average molecular weight is 361 g/mol. The standard InChI is InChI=1S/C18H17F2N3O3/c19-12-5-8-14(15(20)10-12)18(26)22-9-1-2-16(24)23-13-6-3-11(4-7-13)17(21)25/h3-8,10H,1-2,9H2,(H2,21,25)(H,22,26)(H,23,24). The largest absolute Gasteiger partial charge is 0.366 e. The number of amides is 3. The van der Waals surface area contributed by atoms with E-state index in [1.165, 1.54) is 12.1 Å². The zero-order valence-corrected chi connectivity index (χ0v) is 13.7. The lowest BCUT2D eigenvalue weighted by atomic mass is 10.2. The van der Waals surface area contributed by atoms with Crippen LogP contribution in [0.4, 0.5) is 14.5 Å². The van der Waals surface area contributed by atoms with Gasteiger partial charge < -0.3 is 16.4 Å². The van der Waals surface area contributed by atoms with Gasteiger partial charge in [0.1, 0.15) is 11.6 Å². The first-order valence-corrected chi connectivity index (χ1v) is 7.80. The molecule has 0 aliphatic carbocycles. The zero-order chi connectivity index (χ0) is 19.1. The molecule has 0 fully saturated rings. The summed E-state index contributed by atoms with van der Waals surface area (Å²) >= 11 is 0. The van der Waals surface area contributed by atoms with Gasteiger partial charge in [0, 0.05) is 30.3 Å². The molecule has 0 saturated heterocycles. The second-order valence-electron chi connectivity index (χ2n) is 5.47. The molecule has 4 N–H and O–H groups in total. The summed E-state index contributed by atoms with van der Waals surface area (Å²) in [6.45, 7) is 0.156. The van der Waals surface area contributed by atoms with Crippen LogP contribution < -0.4 is 16.4 Å². The van der Waals surface area contributed by atoms with E-state index in [4.69, 9.17) is 5.73 Å². The lowest BCUT2D eigenvalue weighted by Gasteiger charge is -2.07. The van der Waals surface area contributed by atoms with Crippen LogP contribution in [0.25, 0.3) is 0 Å². The van der Waals surface area contributed by atoms with Crippen LogP contribution in [0.15, 0.2) is 42.5 Å². The zero-order valence-electron chi connectivity index (χ0n) is 13.7. The second kappa shape index (κ2) is 8.70. The van der Waals surface area contributed by atoms with Gasteiger partial charge in [-0.25, -0.2) is 8.78 Å². The normalized spacial score (nSPS) is 10.2. The van der Waals surface area contributed by atoms with Crippen LogP contribution in [0.3, 0.4) is 0 Å². The van der Waals surface area contributed by atoms with Gasteiger partial charge in [0.05, 0.1) is 5.56 Å². The van der Waals surface area contributed by atoms with Crippen molar-refractivity contribution >= 4 is 23.4 Å². The van der Waals surface area contributed by atoms with Gasteiger partial charge in [-0.2, -0.15) is 0 Å². The van der Waals surface area contributed by atoms with Crippen LogP contribution in [0.1, 0.15) is 33.6 Å². The molecule has 0 aliphatic rings. The van der Waals surface area contributed by atoms with E-state index >= 15 is 0 Å². The Morgan fingerprint density at radius 1 is 1.00 bits per heavy atom. The molecule has 8 heteroatoms. The third kappa shape index (κ3) is 5.37. The lowest BCUT2D eigenvalue weighted by molar-refractivity contribution is -0.116. The van der Waals surface area contributed by atoms with Crippen LogP contribution in [0.5, 0.6) is 0 Å². The van der Waals surface area contributed by atoms with E-state index in [2.05, 4.69) is 10.6 Å². The molecule has 0 radical (unpaired) electrons. The molecule has 2 rings (SSSR count). The second-order valence-corrected chi connectivity index (χ2v) is 5.47. The number of carbonyl (C=O) groups excluding carboxylic acids is 3. The van der Waals surface area contributed by atoms with Gasteiger partial charge in [0.25, 0.3) is 5.91 Å². The van der Waals surface area contributed by atoms with Crippen LogP contribution >= 0.6 is 0 Å². The number of primary amides is 1. The van der Waals surface area contributed by atoms with Crippen molar-refractivity contribution in [1.29, 1.82) is 0 Å². The highest BCUT2D eigenvalue weighted by Crippen LogP contribution is 2.11. The molecule has 0 heterocycles. The third-order valence-corrected chi connectivity index (χ3v) is 3.50. The fourth-order valence-electron chi connectivity index (χ4n) is 2.16. The van der Waals surface area contributed by atoms with Crippen LogP contribution in [0.2, 0.25) is 0 Å². The molecule has 0 bridgehead atoms. The van der Waals surface area contributed by atoms with Gasteiger partial charge in [0.2, 0.25) is 11.8 Å². The molecule has 2 aromatic rings. The molecule has 3 amide bonds. The quantitative estimate of drug-likeness (QED) is 0.659. The summed E-state index contributed by atoms with van der Waals surface area (Å²) in [5, 5.41) is 5.10. The van der Waals surface area contributed by atoms with E-state index in [1.54, 1.807) is 12.1 Å². The Bertz CT molecular complexity index is 823. The van der Waals surface area contributed by atoms with E-state index in [0.717, 1.165) is 12.1 Å². The molecule has 0 unspecified atom stereocenters. The molecule has 6 nitrogen and oxygen atoms in total. The number of hydrogen-bond acceptors (Lipinski definition) is 3. The Morgan fingerprint density at radius 2 is 1.69 bits per heavy atom. The molecule has 0 aliphatic heterocycles. The number of nitrogens with one attached hydrogen (secondary N) is 2. The molecular formula is C18H17F2N3O3. The number of anilines is 1. The van der Waals surface area contributed by atoms with Crippen LogP contribution in [-0.2, 0) is 4.79 Å². The van der Waals surface area contributed by atoms with E-state index in [9.17, 15) is 23.2 Å². The summed E-state index contributed by atoms with van der Waals surface area (Å²) in [5.74, 6) is -3.22. The van der Waals surface area contributed by atoms with Crippen molar-refractivity contribution in [3.05, 3.63) is 65.2 Å². The molecule has 0 saturated carbocycles. The summed E-state index contributed by atoms with van der Waals surface area (Å²) in [6.07, 6.45) is 0.462. The molecular weight excluding hydrogens is 344 g/mol. The van der Waals surface area contributed by atoms with Gasteiger partial charge >= 0.3 is 0 Å². The van der Waals surface area contributed by atoms with E-state index in [1.807, 2.05) is 0 Å². The van der Waals surface area contributed by atoms with Gasteiger partial charge in [0.15, 0.2) is 0 Å². The SMILES string of the molecule is NC(=O)c1ccc(NC(=O)CCCNC(=O)c2ccc(F)cc2F)cc1. The van der Waals surface area contributed by atoms with Crippen molar-refractivity contribution in [1.82, 2.24) is 5.32 Å². The summed E-state index contributed by atoms with van der Waals surface area (Å²) < 4.78 is 26.3. The Hall–Kier alpha value is -3.29. The van der Waals surface area contributed by atoms with Crippen molar-refractivity contribution in [2.45, 2.75) is 12.8 Å². The topological polar surface area (TPSA) is 101 Å². The van der Waals surface area contributed by atoms with Crippen LogP contribution in [0, 0.1) is 11.6 Å². The van der Waals surface area contributed by atoms with Crippen molar-refractivity contribution in [2.75, 3.05) is 11.9 Å². The average Bonchev–Trinajstić information content (AvgIpc) is 2.59. The Labute approximate surface area is 148 Å². The number of hydrogen-bond donors (Lipinski definition) is 3. The number of halogens is 2. The summed E-state index contributed by atoms with van der Waals surface area (Å²) in [6, 6.07) is 8.78. The highest BCUT2D eigenvalue weighted by Gasteiger charge is 2.12. The van der Waals surface area contributed by atoms with Crippen molar-refractivity contribution < 1.29 is 23.2 Å². The van der Waals surface area contributed by atoms with Gasteiger partial charge in [-0.1, -0.05) is 0 Å². The highest BCUT2D eigenvalue weighted by atomic mass is 19.1. The Balaban J connectivity index is 1.74. The number of rotatable bonds is 7. The fraction of sp³-hybridized carbons (Fsp3) is 0.167. The summed E-state index contributed by atoms with van der Waals surface area (Å²) in [7, 11) is 0. The fourth-order valence-corrected chi connectivity index (χ4v) is 2.16. The first-order chi connectivity index (χ1) is 12.4. The molecule has 136 valence electrons. The minimum Gasteiger partial charge on any atom is -0.366 e. The number of benzene rings is 2. The molecule has 0 spiro atoms. The predicted molar refractivity (Wildman–Crippen MR) is 91.5 cm³/mol. The minimum atomic E-state index is -0.945. The first-order valence-electron chi connectivity index (χ1n) is 7.80. The monoisotopic (exact) mass is 361 g/mol. The smallest absolute Gasteiger partial charge is 0.254 e. The van der Waals surface area contributed by atoms with Gasteiger partial charge in [-0.3, -0.25) is 14.4 Å². The van der Waals surface area contributed by atoms with E-state index in [0.29, 0.717) is 23.7 Å². The molecule has 2 aromatic carbocycles. The number of nitrogens with two attached hydrogens (primary N) is 1. The number of carbonyl (C=O) groups is 3. The molecule has 0 atom stereocenters. The summed E-state index contributed by atoms with van der Waals surface area (Å²) in [5.41, 5.74) is 5.71. The first kappa shape index (κ1) is 19.0. The van der Waals surface area contributed by atoms with Gasteiger partial charge in [-0.15, -0.1) is 0 Å². The predicted octanol–water partition coefficient (Wildman–Crippen LogP) is 2.21. The van der Waals surface area contributed by atoms with E-state index < -0.39 is 23.4 Å². The van der Waals surface area contributed by atoms with Crippen LogP contribution in [-0.4, -0.2) is 24.3 Å². The maximum atomic E-state index is 13.5. The Morgan fingerprint density at radius 3 is 2.31 bits per heavy atom. The van der Waals surface area contributed by atoms with Gasteiger partial charge in [-0.05, 0) is 42.8 Å². The van der Waals surface area contributed by atoms with Crippen molar-refractivity contribution in [2.24, 2.45) is 5.73 Å². The Kier molecular flexibility index (Phi) is 6.37. The molecule has 0 aromatic heterocycles. The highest BCUT2D eigenvalue weighted by molar-refractivity contribution is 5.95.